The number of amides is 2. The van der Waals surface area contributed by atoms with Crippen molar-refractivity contribution < 1.29 is 19.2 Å². The number of imide groups is 1. The summed E-state index contributed by atoms with van der Waals surface area (Å²) < 4.78 is 0.737. The number of aromatic nitrogens is 1. The smallest absolute Gasteiger partial charge is 0.330 e. The van der Waals surface area contributed by atoms with E-state index in [1.54, 1.807) is 12.3 Å². The number of hydroxylamine groups is 2. The monoisotopic (exact) mass is 312 g/mol. The van der Waals surface area contributed by atoms with Crippen molar-refractivity contribution in [2.45, 2.75) is 19.3 Å². The lowest BCUT2D eigenvalue weighted by Crippen LogP contribution is -2.32. The Morgan fingerprint density at radius 2 is 2.00 bits per heavy atom. The number of carbonyl (C=O) groups is 3. The van der Waals surface area contributed by atoms with Crippen molar-refractivity contribution in [1.29, 1.82) is 0 Å². The van der Waals surface area contributed by atoms with E-state index in [0.29, 0.717) is 10.6 Å². The first-order valence-electron chi connectivity index (χ1n) is 5.22. The van der Waals surface area contributed by atoms with Crippen LogP contribution in [0.3, 0.4) is 0 Å². The van der Waals surface area contributed by atoms with E-state index in [2.05, 4.69) is 20.9 Å². The Balaban J connectivity index is 1.97. The molecule has 0 radical (unpaired) electrons. The molecule has 1 fully saturated rings. The van der Waals surface area contributed by atoms with Crippen LogP contribution in [0.2, 0.25) is 0 Å². The lowest BCUT2D eigenvalue weighted by molar-refractivity contribution is -0.197. The fraction of sp³-hybridized carbons (Fsp3) is 0.273. The topological polar surface area (TPSA) is 76.6 Å². The molecule has 0 atom stereocenters. The molecule has 1 aliphatic rings. The highest BCUT2D eigenvalue weighted by Gasteiger charge is 2.32. The molecular weight excluding hydrogens is 304 g/mol. The highest BCUT2D eigenvalue weighted by Crippen LogP contribution is 2.14. The first-order valence-corrected chi connectivity index (χ1v) is 6.01. The van der Waals surface area contributed by atoms with Crippen molar-refractivity contribution in [3.63, 3.8) is 0 Å². The Hall–Kier alpha value is -1.76. The largest absolute Gasteiger partial charge is 0.337 e. The minimum absolute atomic E-state index is 0.0521. The van der Waals surface area contributed by atoms with Crippen molar-refractivity contribution in [2.75, 3.05) is 0 Å². The third kappa shape index (κ3) is 2.92. The zero-order valence-corrected chi connectivity index (χ0v) is 10.8. The fourth-order valence-electron chi connectivity index (χ4n) is 1.51. The van der Waals surface area contributed by atoms with Gasteiger partial charge in [0.25, 0.3) is 11.8 Å². The molecule has 1 aromatic rings. The molecule has 18 heavy (non-hydrogen) atoms. The maximum absolute atomic E-state index is 11.6. The van der Waals surface area contributed by atoms with Crippen molar-refractivity contribution in [3.8, 4) is 0 Å². The van der Waals surface area contributed by atoms with Gasteiger partial charge in [0.2, 0.25) is 0 Å². The second kappa shape index (κ2) is 5.26. The fourth-order valence-corrected chi connectivity index (χ4v) is 1.92. The Labute approximate surface area is 111 Å². The zero-order chi connectivity index (χ0) is 13.1. The first kappa shape index (κ1) is 12.7. The van der Waals surface area contributed by atoms with E-state index < -0.39 is 17.8 Å². The molecule has 0 aromatic carbocycles. The number of carbonyl (C=O) groups excluding carboxylic acids is 3. The van der Waals surface area contributed by atoms with E-state index in [4.69, 9.17) is 4.84 Å². The summed E-state index contributed by atoms with van der Waals surface area (Å²) in [4.78, 5) is 42.7. The molecule has 1 aromatic heterocycles. The van der Waals surface area contributed by atoms with Crippen LogP contribution in [0.25, 0.3) is 0 Å². The van der Waals surface area contributed by atoms with Gasteiger partial charge in [-0.05, 0) is 27.6 Å². The molecule has 0 spiro atoms. The van der Waals surface area contributed by atoms with Crippen molar-refractivity contribution in [2.24, 2.45) is 0 Å². The second-order valence-corrected chi connectivity index (χ2v) is 4.65. The van der Waals surface area contributed by atoms with Gasteiger partial charge in [-0.25, -0.2) is 4.79 Å². The third-order valence-electron chi connectivity index (χ3n) is 2.31. The van der Waals surface area contributed by atoms with Gasteiger partial charge in [-0.3, -0.25) is 14.6 Å². The van der Waals surface area contributed by atoms with Crippen LogP contribution < -0.4 is 0 Å². The van der Waals surface area contributed by atoms with Crippen molar-refractivity contribution in [3.05, 3.63) is 28.5 Å². The van der Waals surface area contributed by atoms with Gasteiger partial charge in [-0.2, -0.15) is 0 Å². The number of rotatable bonds is 3. The summed E-state index contributed by atoms with van der Waals surface area (Å²) >= 11 is 3.23. The number of hydrogen-bond donors (Lipinski definition) is 0. The van der Waals surface area contributed by atoms with E-state index in [-0.39, 0.29) is 19.3 Å². The van der Waals surface area contributed by atoms with E-state index in [0.717, 1.165) is 4.47 Å². The maximum Gasteiger partial charge on any atom is 0.337 e. The van der Waals surface area contributed by atoms with E-state index in [1.165, 1.54) is 6.20 Å². The summed E-state index contributed by atoms with van der Waals surface area (Å²) in [6.45, 7) is 0. The van der Waals surface area contributed by atoms with Crippen LogP contribution in [0.4, 0.5) is 0 Å². The number of halogens is 1. The predicted octanol–water partition coefficient (Wildman–Crippen LogP) is 0.994. The lowest BCUT2D eigenvalue weighted by Gasteiger charge is -2.12. The Morgan fingerprint density at radius 3 is 2.61 bits per heavy atom. The molecule has 1 aliphatic heterocycles. The highest BCUT2D eigenvalue weighted by atomic mass is 79.9. The van der Waals surface area contributed by atoms with E-state index in [9.17, 15) is 14.4 Å². The third-order valence-corrected chi connectivity index (χ3v) is 2.74. The summed E-state index contributed by atoms with van der Waals surface area (Å²) in [6.07, 6.45) is 3.22. The van der Waals surface area contributed by atoms with Crippen LogP contribution in [0.1, 0.15) is 18.4 Å². The average Bonchev–Trinajstić information content (AvgIpc) is 2.61. The summed E-state index contributed by atoms with van der Waals surface area (Å²) in [5, 5.41) is 0.535. The molecular formula is C11H9BrN2O4. The van der Waals surface area contributed by atoms with Gasteiger partial charge in [0, 0.05) is 29.7 Å². The van der Waals surface area contributed by atoms with Gasteiger partial charge in [-0.1, -0.05) is 0 Å². The molecule has 0 N–H and O–H groups in total. The maximum atomic E-state index is 11.6. The zero-order valence-electron chi connectivity index (χ0n) is 9.26. The molecule has 0 aliphatic carbocycles. The molecule has 2 rings (SSSR count). The SMILES string of the molecule is O=C(Cc1cncc(Br)c1)ON1C(=O)CCC1=O. The first-order chi connectivity index (χ1) is 8.56. The molecule has 94 valence electrons. The summed E-state index contributed by atoms with van der Waals surface area (Å²) in [7, 11) is 0. The van der Waals surface area contributed by atoms with Crippen LogP contribution in [0.5, 0.6) is 0 Å². The van der Waals surface area contributed by atoms with Crippen LogP contribution in [0, 0.1) is 0 Å². The predicted molar refractivity (Wildman–Crippen MR) is 62.8 cm³/mol. The van der Waals surface area contributed by atoms with Crippen LogP contribution >= 0.6 is 15.9 Å². The molecule has 0 unspecified atom stereocenters. The second-order valence-electron chi connectivity index (χ2n) is 3.73. The van der Waals surface area contributed by atoms with Crippen LogP contribution in [0.15, 0.2) is 22.9 Å². The Kier molecular flexibility index (Phi) is 3.71. The van der Waals surface area contributed by atoms with Crippen molar-refractivity contribution >= 4 is 33.7 Å². The van der Waals surface area contributed by atoms with E-state index >= 15 is 0 Å². The average molecular weight is 313 g/mol. The Morgan fingerprint density at radius 1 is 1.33 bits per heavy atom. The molecule has 0 saturated carbocycles. The van der Waals surface area contributed by atoms with Gasteiger partial charge in [0.1, 0.15) is 0 Å². The number of pyridine rings is 1. The summed E-state index contributed by atoms with van der Waals surface area (Å²) in [5.74, 6) is -1.64. The molecule has 7 heteroatoms. The normalized spacial score (nSPS) is 15.1. The molecule has 2 amide bonds. The Bertz CT molecular complexity index is 502. The minimum Gasteiger partial charge on any atom is -0.330 e. The standard InChI is InChI=1S/C11H9BrN2O4/c12-8-3-7(5-13-6-8)4-11(17)18-14-9(15)1-2-10(14)16/h3,5-6H,1-2,4H2. The summed E-state index contributed by atoms with van der Waals surface area (Å²) in [5.41, 5.74) is 0.633. The molecule has 0 bridgehead atoms. The van der Waals surface area contributed by atoms with Gasteiger partial charge in [0.15, 0.2) is 0 Å². The van der Waals surface area contributed by atoms with Gasteiger partial charge in [-0.15, -0.1) is 5.06 Å². The van der Waals surface area contributed by atoms with Crippen LogP contribution in [-0.4, -0.2) is 27.8 Å². The highest BCUT2D eigenvalue weighted by molar-refractivity contribution is 9.10. The molecule has 6 nitrogen and oxygen atoms in total. The van der Waals surface area contributed by atoms with Crippen molar-refractivity contribution in [1.82, 2.24) is 10.0 Å². The molecule has 2 heterocycles. The van der Waals surface area contributed by atoms with Gasteiger partial charge >= 0.3 is 5.97 Å². The van der Waals surface area contributed by atoms with E-state index in [1.807, 2.05) is 0 Å². The summed E-state index contributed by atoms with van der Waals surface area (Å²) in [6, 6.07) is 1.71. The van der Waals surface area contributed by atoms with Gasteiger partial charge < -0.3 is 4.84 Å². The lowest BCUT2D eigenvalue weighted by atomic mass is 10.2. The number of hydrogen-bond acceptors (Lipinski definition) is 5. The number of nitrogens with zero attached hydrogens (tertiary/aromatic N) is 2. The van der Waals surface area contributed by atoms with Crippen LogP contribution in [-0.2, 0) is 25.6 Å². The van der Waals surface area contributed by atoms with Gasteiger partial charge in [0.05, 0.1) is 6.42 Å². The quantitative estimate of drug-likeness (QED) is 0.778. The minimum atomic E-state index is -0.668. The molecule has 1 saturated heterocycles.